The second kappa shape index (κ2) is 7.64. The molecule has 6 heteroatoms. The van der Waals surface area contributed by atoms with E-state index in [1.54, 1.807) is 11.4 Å². The number of hydrogen-bond acceptors (Lipinski definition) is 4. The maximum absolute atomic E-state index is 12.0. The highest BCUT2D eigenvalue weighted by atomic mass is 32.2. The van der Waals surface area contributed by atoms with Crippen molar-refractivity contribution in [1.82, 2.24) is 9.62 Å². The third kappa shape index (κ3) is 4.01. The predicted molar refractivity (Wildman–Crippen MR) is 101 cm³/mol. The molecule has 1 aliphatic carbocycles. The van der Waals surface area contributed by atoms with Gasteiger partial charge in [-0.2, -0.15) is 0 Å². The molecule has 0 aromatic heterocycles. The first kappa shape index (κ1) is 18.7. The van der Waals surface area contributed by atoms with E-state index in [4.69, 9.17) is 4.74 Å². The summed E-state index contributed by atoms with van der Waals surface area (Å²) in [5, 5.41) is 3.73. The molecule has 25 heavy (non-hydrogen) atoms. The van der Waals surface area contributed by atoms with Crippen molar-refractivity contribution in [2.75, 3.05) is 32.5 Å². The van der Waals surface area contributed by atoms with Crippen molar-refractivity contribution in [1.29, 1.82) is 0 Å². The molecule has 1 aromatic carbocycles. The molecular weight excluding hydrogens is 336 g/mol. The maximum atomic E-state index is 12.0. The SMILES string of the molecule is CCCC1(NCCN2CCCS2(=O)=O)CCc2cccc(OC)c2C1. The molecule has 0 amide bonds. The van der Waals surface area contributed by atoms with E-state index in [1.807, 2.05) is 6.07 Å². The van der Waals surface area contributed by atoms with E-state index < -0.39 is 10.0 Å². The molecule has 1 heterocycles. The molecule has 2 aliphatic rings. The molecule has 1 N–H and O–H groups in total. The summed E-state index contributed by atoms with van der Waals surface area (Å²) in [6.45, 7) is 4.17. The first-order valence-corrected chi connectivity index (χ1v) is 11.0. The van der Waals surface area contributed by atoms with Crippen molar-refractivity contribution in [3.05, 3.63) is 29.3 Å². The van der Waals surface area contributed by atoms with Crippen LogP contribution in [0, 0.1) is 0 Å². The van der Waals surface area contributed by atoms with Crippen LogP contribution in [0.25, 0.3) is 0 Å². The van der Waals surface area contributed by atoms with E-state index >= 15 is 0 Å². The molecular formula is C19H30N2O3S. The van der Waals surface area contributed by atoms with Crippen LogP contribution in [0.4, 0.5) is 0 Å². The lowest BCUT2D eigenvalue weighted by molar-refractivity contribution is 0.252. The van der Waals surface area contributed by atoms with Crippen LogP contribution >= 0.6 is 0 Å². The van der Waals surface area contributed by atoms with Gasteiger partial charge in [0.05, 0.1) is 12.9 Å². The quantitative estimate of drug-likeness (QED) is 0.805. The van der Waals surface area contributed by atoms with Crippen LogP contribution < -0.4 is 10.1 Å². The van der Waals surface area contributed by atoms with E-state index in [0.29, 0.717) is 25.4 Å². The molecule has 0 saturated carbocycles. The van der Waals surface area contributed by atoms with Gasteiger partial charge in [0.15, 0.2) is 0 Å². The summed E-state index contributed by atoms with van der Waals surface area (Å²) in [6.07, 6.45) is 6.05. The van der Waals surface area contributed by atoms with Crippen LogP contribution in [0.1, 0.15) is 43.7 Å². The number of hydrogen-bond donors (Lipinski definition) is 1. The van der Waals surface area contributed by atoms with Crippen LogP contribution in [0.2, 0.25) is 0 Å². The molecule has 1 aliphatic heterocycles. The first-order valence-electron chi connectivity index (χ1n) is 9.37. The van der Waals surface area contributed by atoms with Gasteiger partial charge >= 0.3 is 0 Å². The zero-order valence-electron chi connectivity index (χ0n) is 15.4. The van der Waals surface area contributed by atoms with Crippen LogP contribution in [0.3, 0.4) is 0 Å². The molecule has 3 rings (SSSR count). The summed E-state index contributed by atoms with van der Waals surface area (Å²) >= 11 is 0. The van der Waals surface area contributed by atoms with E-state index in [1.165, 1.54) is 11.1 Å². The van der Waals surface area contributed by atoms with E-state index in [0.717, 1.165) is 44.3 Å². The fourth-order valence-electron chi connectivity index (χ4n) is 4.36. The van der Waals surface area contributed by atoms with Crippen LogP contribution in [0.15, 0.2) is 18.2 Å². The van der Waals surface area contributed by atoms with Crippen molar-refractivity contribution >= 4 is 10.0 Å². The summed E-state index contributed by atoms with van der Waals surface area (Å²) in [5.74, 6) is 1.28. The molecule has 0 radical (unpaired) electrons. The van der Waals surface area contributed by atoms with Gasteiger partial charge in [0.2, 0.25) is 10.0 Å². The molecule has 1 unspecified atom stereocenters. The fraction of sp³-hybridized carbons (Fsp3) is 0.684. The molecule has 1 aromatic rings. The second-order valence-corrected chi connectivity index (χ2v) is 9.39. The minimum atomic E-state index is -3.01. The van der Waals surface area contributed by atoms with Gasteiger partial charge in [0.1, 0.15) is 5.75 Å². The minimum absolute atomic E-state index is 0.0415. The number of nitrogens with one attached hydrogen (secondary N) is 1. The highest BCUT2D eigenvalue weighted by molar-refractivity contribution is 7.89. The van der Waals surface area contributed by atoms with E-state index in [2.05, 4.69) is 24.4 Å². The van der Waals surface area contributed by atoms with Crippen molar-refractivity contribution in [3.63, 3.8) is 0 Å². The number of fused-ring (bicyclic) bond motifs is 1. The number of benzene rings is 1. The van der Waals surface area contributed by atoms with Gasteiger partial charge in [0.25, 0.3) is 0 Å². The van der Waals surface area contributed by atoms with Crippen molar-refractivity contribution in [2.45, 2.75) is 51.0 Å². The summed E-state index contributed by atoms with van der Waals surface area (Å²) in [5.41, 5.74) is 2.74. The lowest BCUT2D eigenvalue weighted by Gasteiger charge is -2.40. The molecule has 5 nitrogen and oxygen atoms in total. The van der Waals surface area contributed by atoms with E-state index in [9.17, 15) is 8.42 Å². The average Bonchev–Trinajstić information content (AvgIpc) is 2.93. The minimum Gasteiger partial charge on any atom is -0.496 e. The average molecular weight is 367 g/mol. The van der Waals surface area contributed by atoms with E-state index in [-0.39, 0.29) is 5.54 Å². The van der Waals surface area contributed by atoms with Gasteiger partial charge in [-0.3, -0.25) is 0 Å². The zero-order valence-corrected chi connectivity index (χ0v) is 16.2. The molecule has 1 atom stereocenters. The summed E-state index contributed by atoms with van der Waals surface area (Å²) in [6, 6.07) is 6.30. The van der Waals surface area contributed by atoms with Crippen LogP contribution in [-0.4, -0.2) is 50.8 Å². The highest BCUT2D eigenvalue weighted by Crippen LogP contribution is 2.36. The second-order valence-electron chi connectivity index (χ2n) is 7.30. The van der Waals surface area contributed by atoms with Crippen molar-refractivity contribution in [3.8, 4) is 5.75 Å². The van der Waals surface area contributed by atoms with Gasteiger partial charge in [-0.25, -0.2) is 12.7 Å². The maximum Gasteiger partial charge on any atom is 0.214 e. The Hall–Kier alpha value is -1.11. The summed E-state index contributed by atoms with van der Waals surface area (Å²) < 4.78 is 31.2. The third-order valence-electron chi connectivity index (χ3n) is 5.63. The standard InChI is InChI=1S/C19H30N2O3S/c1-3-9-19(20-11-13-21-12-5-14-25(21,22)23)10-8-16-6-4-7-18(24-2)17(16)15-19/h4,6-7,20H,3,5,8-15H2,1-2H3. The molecule has 0 bridgehead atoms. The normalized spacial score (nSPS) is 25.7. The Kier molecular flexibility index (Phi) is 5.71. The monoisotopic (exact) mass is 366 g/mol. The highest BCUT2D eigenvalue weighted by Gasteiger charge is 2.35. The van der Waals surface area contributed by atoms with Gasteiger partial charge in [-0.1, -0.05) is 25.5 Å². The number of sulfonamides is 1. The smallest absolute Gasteiger partial charge is 0.214 e. The Bertz CT molecular complexity index is 690. The van der Waals surface area contributed by atoms with Gasteiger partial charge < -0.3 is 10.1 Å². The lowest BCUT2D eigenvalue weighted by Crippen LogP contribution is -2.51. The number of ether oxygens (including phenoxy) is 1. The number of aryl methyl sites for hydroxylation is 1. The summed E-state index contributed by atoms with van der Waals surface area (Å²) in [7, 11) is -1.27. The Morgan fingerprint density at radius 2 is 2.20 bits per heavy atom. The van der Waals surface area contributed by atoms with Crippen LogP contribution in [0.5, 0.6) is 5.75 Å². The molecule has 0 spiro atoms. The number of rotatable bonds is 7. The molecule has 1 fully saturated rings. The zero-order chi connectivity index (χ0) is 17.9. The summed E-state index contributed by atoms with van der Waals surface area (Å²) in [4.78, 5) is 0. The molecule has 1 saturated heterocycles. The van der Waals surface area contributed by atoms with Gasteiger partial charge in [-0.05, 0) is 49.3 Å². The number of methoxy groups -OCH3 is 1. The predicted octanol–water partition coefficient (Wildman–Crippen LogP) is 2.35. The third-order valence-corrected chi connectivity index (χ3v) is 7.59. The van der Waals surface area contributed by atoms with Crippen LogP contribution in [-0.2, 0) is 22.9 Å². The Morgan fingerprint density at radius 1 is 1.36 bits per heavy atom. The Labute approximate surface area is 151 Å². The molecule has 140 valence electrons. The fourth-order valence-corrected chi connectivity index (χ4v) is 5.89. The largest absolute Gasteiger partial charge is 0.496 e. The Morgan fingerprint density at radius 3 is 2.88 bits per heavy atom. The van der Waals surface area contributed by atoms with Gasteiger partial charge in [0, 0.05) is 25.2 Å². The Balaban J connectivity index is 1.70. The first-order chi connectivity index (χ1) is 12.0. The number of nitrogens with zero attached hydrogens (tertiary/aromatic N) is 1. The lowest BCUT2D eigenvalue weighted by atomic mass is 9.75. The topological polar surface area (TPSA) is 58.6 Å². The van der Waals surface area contributed by atoms with Crippen molar-refractivity contribution < 1.29 is 13.2 Å². The van der Waals surface area contributed by atoms with Gasteiger partial charge in [-0.15, -0.1) is 0 Å². The van der Waals surface area contributed by atoms with Crippen molar-refractivity contribution in [2.24, 2.45) is 0 Å².